The van der Waals surface area contributed by atoms with Crippen molar-refractivity contribution in [1.29, 1.82) is 0 Å². The molecule has 0 saturated carbocycles. The Morgan fingerprint density at radius 1 is 1.19 bits per heavy atom. The van der Waals surface area contributed by atoms with Gasteiger partial charge in [0.15, 0.2) is 0 Å². The maximum Gasteiger partial charge on any atom is 0.237 e. The van der Waals surface area contributed by atoms with E-state index >= 15 is 0 Å². The van der Waals surface area contributed by atoms with Gasteiger partial charge in [0, 0.05) is 49.4 Å². The van der Waals surface area contributed by atoms with Crippen LogP contribution in [0.4, 0.5) is 5.69 Å². The second-order valence-corrected chi connectivity index (χ2v) is 10.0. The normalized spacial score (nSPS) is 13.8. The third kappa shape index (κ3) is 7.40. The highest BCUT2D eigenvalue weighted by molar-refractivity contribution is 6.30. The van der Waals surface area contributed by atoms with Crippen LogP contribution in [0.15, 0.2) is 36.4 Å². The van der Waals surface area contributed by atoms with Crippen LogP contribution >= 0.6 is 11.6 Å². The first-order valence-electron chi connectivity index (χ1n) is 12.9. The van der Waals surface area contributed by atoms with Crippen molar-refractivity contribution in [2.24, 2.45) is 0 Å². The predicted octanol–water partition coefficient (Wildman–Crippen LogP) is 4.84. The molecule has 0 aliphatic carbocycles. The summed E-state index contributed by atoms with van der Waals surface area (Å²) in [5.41, 5.74) is 5.44. The number of fused-ring (bicyclic) bond motifs is 1. The van der Waals surface area contributed by atoms with E-state index in [9.17, 15) is 14.4 Å². The number of anilines is 1. The minimum atomic E-state index is -0.421. The fourth-order valence-corrected chi connectivity index (χ4v) is 5.36. The van der Waals surface area contributed by atoms with Crippen molar-refractivity contribution >= 4 is 35.8 Å². The lowest BCUT2D eigenvalue weighted by Gasteiger charge is -2.31. The summed E-state index contributed by atoms with van der Waals surface area (Å²) in [7, 11) is 3.48. The van der Waals surface area contributed by atoms with E-state index in [0.717, 1.165) is 80.3 Å². The lowest BCUT2D eigenvalue weighted by Crippen LogP contribution is -2.44. The summed E-state index contributed by atoms with van der Waals surface area (Å²) < 4.78 is 0. The molecule has 1 atom stereocenters. The third-order valence-corrected chi connectivity index (χ3v) is 7.35. The van der Waals surface area contributed by atoms with Crippen molar-refractivity contribution in [2.75, 3.05) is 32.1 Å². The molecule has 1 heterocycles. The van der Waals surface area contributed by atoms with Gasteiger partial charge in [-0.15, -0.1) is 0 Å². The molecule has 0 aromatic heterocycles. The number of aryl methyl sites for hydroxylation is 2. The lowest BCUT2D eigenvalue weighted by atomic mass is 9.95. The Morgan fingerprint density at radius 2 is 2.03 bits per heavy atom. The summed E-state index contributed by atoms with van der Waals surface area (Å²) in [6.45, 7) is 2.60. The summed E-state index contributed by atoms with van der Waals surface area (Å²) >= 11 is 6.18. The molecule has 0 bridgehead atoms. The van der Waals surface area contributed by atoms with Crippen molar-refractivity contribution in [3.8, 4) is 0 Å². The molecule has 1 aliphatic rings. The number of amides is 1. The summed E-state index contributed by atoms with van der Waals surface area (Å²) in [6, 6.07) is 11.6. The molecule has 6 nitrogen and oxygen atoms in total. The monoisotopic (exact) mass is 511 g/mol. The minimum Gasteiger partial charge on any atom is -0.371 e. The summed E-state index contributed by atoms with van der Waals surface area (Å²) in [5, 5.41) is 3.50. The van der Waals surface area contributed by atoms with Gasteiger partial charge < -0.3 is 15.0 Å². The highest BCUT2D eigenvalue weighted by atomic mass is 35.5. The molecule has 7 heteroatoms. The van der Waals surface area contributed by atoms with Crippen LogP contribution in [0.5, 0.6) is 0 Å². The lowest BCUT2D eigenvalue weighted by molar-refractivity contribution is -0.126. The minimum absolute atomic E-state index is 0.119. The van der Waals surface area contributed by atoms with Gasteiger partial charge in [-0.1, -0.05) is 36.2 Å². The number of hydrogen-bond acceptors (Lipinski definition) is 5. The third-order valence-electron chi connectivity index (χ3n) is 7.11. The molecule has 0 fully saturated rings. The molecule has 0 spiro atoms. The van der Waals surface area contributed by atoms with Gasteiger partial charge in [-0.3, -0.25) is 14.5 Å². The predicted molar refractivity (Wildman–Crippen MR) is 146 cm³/mol. The molecule has 0 saturated heterocycles. The number of carbonyl (C=O) groups excluding carboxylic acids is 3. The molecule has 0 radical (unpaired) electrons. The van der Waals surface area contributed by atoms with E-state index in [0.29, 0.717) is 24.9 Å². The summed E-state index contributed by atoms with van der Waals surface area (Å²) in [5.74, 6) is -0.119. The molecule has 3 rings (SSSR count). The molecule has 2 aromatic rings. The van der Waals surface area contributed by atoms with Gasteiger partial charge in [-0.05, 0) is 80.5 Å². The van der Waals surface area contributed by atoms with Crippen LogP contribution in [0.2, 0.25) is 5.02 Å². The zero-order chi connectivity index (χ0) is 25.9. The maximum absolute atomic E-state index is 12.4. The second kappa shape index (κ2) is 14.1. The molecule has 36 heavy (non-hydrogen) atoms. The van der Waals surface area contributed by atoms with Gasteiger partial charge in [-0.2, -0.15) is 0 Å². The van der Waals surface area contributed by atoms with Crippen LogP contribution in [0.1, 0.15) is 65.6 Å². The highest BCUT2D eigenvalue weighted by Gasteiger charge is 2.23. The summed E-state index contributed by atoms with van der Waals surface area (Å²) in [6.07, 6.45) is 8.87. The SMILES string of the molecule is CNC(=O)C(CCC=O)N(C)Cc1c(C=O)cccc1CCCCCN1CCCc2cc(Cl)ccc21. The molecule has 2 aromatic carbocycles. The number of carbonyl (C=O) groups is 3. The van der Waals surface area contributed by atoms with Crippen LogP contribution in [0.3, 0.4) is 0 Å². The number of nitrogens with one attached hydrogen (secondary N) is 1. The Kier molecular flexibility index (Phi) is 11.0. The van der Waals surface area contributed by atoms with Gasteiger partial charge in [0.2, 0.25) is 5.91 Å². The van der Waals surface area contributed by atoms with Gasteiger partial charge in [0.1, 0.15) is 12.6 Å². The standard InChI is InChI=1S/C29H38ClN3O3/c1-31-29(36)28(13-8-18-34)32(2)20-26-22(10-6-11-24(26)21-35)9-4-3-5-16-33-17-7-12-23-19-25(30)14-15-27(23)33/h6,10-11,14-15,18-19,21,28H,3-5,7-9,12-13,16-17,20H2,1-2H3,(H,31,36). The van der Waals surface area contributed by atoms with E-state index < -0.39 is 6.04 Å². The van der Waals surface area contributed by atoms with Crippen LogP contribution in [-0.4, -0.2) is 56.6 Å². The Balaban J connectivity index is 1.59. The van der Waals surface area contributed by atoms with Crippen LogP contribution in [-0.2, 0) is 29.0 Å². The Bertz CT molecular complexity index is 1040. The topological polar surface area (TPSA) is 69.7 Å². The average Bonchev–Trinajstić information content (AvgIpc) is 2.89. The number of hydrogen-bond donors (Lipinski definition) is 1. The van der Waals surface area contributed by atoms with Gasteiger partial charge in [-0.25, -0.2) is 0 Å². The van der Waals surface area contributed by atoms with Crippen molar-refractivity contribution in [3.63, 3.8) is 0 Å². The maximum atomic E-state index is 12.4. The van der Waals surface area contributed by atoms with Gasteiger partial charge in [0.25, 0.3) is 0 Å². The van der Waals surface area contributed by atoms with Crippen molar-refractivity contribution in [2.45, 2.75) is 64.0 Å². The fraction of sp³-hybridized carbons (Fsp3) is 0.483. The van der Waals surface area contributed by atoms with Crippen LogP contribution in [0.25, 0.3) is 0 Å². The second-order valence-electron chi connectivity index (χ2n) is 9.57. The van der Waals surface area contributed by atoms with E-state index in [4.69, 9.17) is 11.6 Å². The first-order chi connectivity index (χ1) is 17.5. The van der Waals surface area contributed by atoms with E-state index in [1.165, 1.54) is 11.3 Å². The van der Waals surface area contributed by atoms with Crippen molar-refractivity contribution in [1.82, 2.24) is 10.2 Å². The van der Waals surface area contributed by atoms with Crippen LogP contribution in [0, 0.1) is 0 Å². The molecule has 1 amide bonds. The molecular weight excluding hydrogens is 474 g/mol. The number of likely N-dealkylation sites (N-methyl/N-ethyl adjacent to an activating group) is 2. The fourth-order valence-electron chi connectivity index (χ4n) is 5.17. The van der Waals surface area contributed by atoms with Crippen molar-refractivity contribution in [3.05, 3.63) is 63.7 Å². The molecule has 1 unspecified atom stereocenters. The smallest absolute Gasteiger partial charge is 0.237 e. The summed E-state index contributed by atoms with van der Waals surface area (Å²) in [4.78, 5) is 39.5. The number of halogens is 1. The molecule has 194 valence electrons. The Labute approximate surface area is 220 Å². The Morgan fingerprint density at radius 3 is 2.78 bits per heavy atom. The largest absolute Gasteiger partial charge is 0.371 e. The first kappa shape index (κ1) is 27.9. The van der Waals surface area contributed by atoms with E-state index in [-0.39, 0.29) is 5.91 Å². The average molecular weight is 512 g/mol. The first-order valence-corrected chi connectivity index (χ1v) is 13.3. The number of rotatable bonds is 14. The van der Waals surface area contributed by atoms with Gasteiger partial charge in [0.05, 0.1) is 6.04 Å². The zero-order valence-electron chi connectivity index (χ0n) is 21.5. The van der Waals surface area contributed by atoms with E-state index in [1.807, 2.05) is 30.1 Å². The molecule has 1 N–H and O–H groups in total. The number of nitrogens with zero attached hydrogens (tertiary/aromatic N) is 2. The number of unbranched alkanes of at least 4 members (excludes halogenated alkanes) is 2. The molecule has 1 aliphatic heterocycles. The zero-order valence-corrected chi connectivity index (χ0v) is 22.2. The number of aldehydes is 2. The van der Waals surface area contributed by atoms with E-state index in [2.05, 4.69) is 28.4 Å². The van der Waals surface area contributed by atoms with Crippen molar-refractivity contribution < 1.29 is 14.4 Å². The van der Waals surface area contributed by atoms with Gasteiger partial charge >= 0.3 is 0 Å². The highest BCUT2D eigenvalue weighted by Crippen LogP contribution is 2.30. The number of benzene rings is 2. The van der Waals surface area contributed by atoms with E-state index in [1.54, 1.807) is 7.05 Å². The molecular formula is C29H38ClN3O3. The Hall–Kier alpha value is -2.70. The quantitative estimate of drug-likeness (QED) is 0.290. The van der Waals surface area contributed by atoms with Crippen LogP contribution < -0.4 is 10.2 Å².